The average Bonchev–Trinajstić information content (AvgIpc) is 3.30. The molecule has 4 N–H and O–H groups in total. The predicted molar refractivity (Wildman–Crippen MR) is 270 cm³/mol. The van der Waals surface area contributed by atoms with E-state index in [-0.39, 0.29) is 61.2 Å². The van der Waals surface area contributed by atoms with Gasteiger partial charge in [-0.05, 0) is 130 Å². The summed E-state index contributed by atoms with van der Waals surface area (Å²) in [6, 6.07) is 26.3. The smallest absolute Gasteiger partial charge is 0.262 e. The summed E-state index contributed by atoms with van der Waals surface area (Å²) >= 11 is 0. The molecule has 1 aliphatic carbocycles. The summed E-state index contributed by atoms with van der Waals surface area (Å²) in [5.74, 6) is 0.284. The third-order valence-corrected chi connectivity index (χ3v) is 12.1. The summed E-state index contributed by atoms with van der Waals surface area (Å²) in [4.78, 5) is 27.1. The van der Waals surface area contributed by atoms with E-state index in [0.29, 0.717) is 82.7 Å². The van der Waals surface area contributed by atoms with E-state index >= 15 is 0 Å². The topological polar surface area (TPSA) is 136 Å². The molecule has 6 aromatic rings. The van der Waals surface area contributed by atoms with E-state index in [1.54, 1.807) is 24.3 Å². The summed E-state index contributed by atoms with van der Waals surface area (Å²) < 4.78 is 51.9. The van der Waals surface area contributed by atoms with Crippen molar-refractivity contribution >= 4 is 23.2 Å². The molecule has 1 aliphatic rings. The zero-order valence-electron chi connectivity index (χ0n) is 41.4. The van der Waals surface area contributed by atoms with E-state index in [2.05, 4.69) is 76.4 Å². The molecule has 2 amide bonds. The van der Waals surface area contributed by atoms with Crippen LogP contribution in [0.3, 0.4) is 0 Å². The lowest BCUT2D eigenvalue weighted by molar-refractivity contribution is -0.118. The predicted octanol–water partition coefficient (Wildman–Crippen LogP) is 12.3. The van der Waals surface area contributed by atoms with Crippen LogP contribution in [0, 0.1) is 11.6 Å². The zero-order valence-corrected chi connectivity index (χ0v) is 41.4. The van der Waals surface area contributed by atoms with E-state index < -0.39 is 23.4 Å². The lowest BCUT2D eigenvalue weighted by Crippen LogP contribution is -2.20. The first kappa shape index (κ1) is 50.8. The largest absolute Gasteiger partial charge is 0.507 e. The molecule has 7 rings (SSSR count). The van der Waals surface area contributed by atoms with Crippen LogP contribution >= 0.6 is 0 Å². The van der Waals surface area contributed by atoms with Crippen LogP contribution in [-0.2, 0) is 46.1 Å². The SMILES string of the molecule is CCCOc1c2cc(C(C)(C)C)cc1Cc1cc(NC(=O)COc3ccc(F)cc3)cc(c1O)Cc1cc(C(C)(C)C)cc(c1OCCC)Cc1cc(NC(=O)COc3ccc(F)cc3)cc(c1O)C2. The maximum absolute atomic E-state index is 13.6. The summed E-state index contributed by atoms with van der Waals surface area (Å²) in [7, 11) is 0. The van der Waals surface area contributed by atoms with Gasteiger partial charge in [-0.15, -0.1) is 0 Å². The molecule has 0 aliphatic heterocycles. The third-order valence-electron chi connectivity index (χ3n) is 12.1. The Morgan fingerprint density at radius 1 is 0.486 bits per heavy atom. The molecule has 0 unspecified atom stereocenters. The average molecular weight is 955 g/mol. The number of anilines is 2. The molecule has 368 valence electrons. The second-order valence-electron chi connectivity index (χ2n) is 20.0. The van der Waals surface area contributed by atoms with Crippen LogP contribution < -0.4 is 29.6 Å². The van der Waals surface area contributed by atoms with Gasteiger partial charge in [0.05, 0.1) is 13.2 Å². The molecule has 0 heterocycles. The number of benzene rings is 6. The van der Waals surface area contributed by atoms with E-state index in [0.717, 1.165) is 33.4 Å². The van der Waals surface area contributed by atoms with Gasteiger partial charge < -0.3 is 39.8 Å². The molecule has 12 heteroatoms. The Hall–Kier alpha value is -7.08. The number of rotatable bonds is 14. The monoisotopic (exact) mass is 954 g/mol. The Balaban J connectivity index is 1.42. The van der Waals surface area contributed by atoms with Crippen LogP contribution in [0.5, 0.6) is 34.5 Å². The standard InChI is InChI=1S/C58H64F2N2O8/c1-9-19-67-55-39-21-35-29-47(61-51(63)33-69-49-15-11-45(59)12-16-49)31-37(53(35)65)23-41-27-44(58(6,7)8)28-42(56(41)68-20-10-2)24-38-32-48(62-52(64)34-70-50-17-13-46(60)14-18-50)30-36(54(38)66)22-40(55)26-43(25-39)57(3,4)5/h11-18,25-32,65-66H,9-10,19-24,33-34H2,1-8H3,(H,61,63)(H,62,64). The first-order valence-corrected chi connectivity index (χ1v) is 23.9. The number of nitrogens with one attached hydrogen (secondary N) is 2. The lowest BCUT2D eigenvalue weighted by Gasteiger charge is -2.26. The Bertz CT molecular complexity index is 2560. The Labute approximate surface area is 410 Å². The van der Waals surface area contributed by atoms with Crippen molar-refractivity contribution < 1.29 is 47.5 Å². The third kappa shape index (κ3) is 12.8. The molecular formula is C58H64F2N2O8. The van der Waals surface area contributed by atoms with Gasteiger partial charge in [-0.1, -0.05) is 79.7 Å². The normalized spacial score (nSPS) is 12.5. The van der Waals surface area contributed by atoms with Crippen LogP contribution in [0.2, 0.25) is 0 Å². The number of carbonyl (C=O) groups excluding carboxylic acids is 2. The van der Waals surface area contributed by atoms with Crippen molar-refractivity contribution in [2.45, 2.75) is 105 Å². The minimum absolute atomic E-state index is 0.0626. The van der Waals surface area contributed by atoms with Crippen molar-refractivity contribution in [1.82, 2.24) is 0 Å². The highest BCUT2D eigenvalue weighted by molar-refractivity contribution is 5.93. The van der Waals surface area contributed by atoms with Crippen LogP contribution in [0.25, 0.3) is 0 Å². The number of ether oxygens (including phenoxy) is 4. The van der Waals surface area contributed by atoms with Gasteiger partial charge in [0.25, 0.3) is 11.8 Å². The fourth-order valence-corrected chi connectivity index (χ4v) is 8.46. The van der Waals surface area contributed by atoms with Gasteiger partial charge in [-0.25, -0.2) is 8.78 Å². The van der Waals surface area contributed by atoms with Crippen molar-refractivity contribution in [3.05, 3.63) is 164 Å². The second kappa shape index (κ2) is 21.7. The summed E-state index contributed by atoms with van der Waals surface area (Å²) in [6.07, 6.45) is 2.25. The quantitative estimate of drug-likeness (QED) is 0.0792. The Morgan fingerprint density at radius 3 is 1.06 bits per heavy atom. The number of fused-ring (bicyclic) bond motifs is 8. The fraction of sp³-hybridized carbons (Fsp3) is 0.345. The molecular weight excluding hydrogens is 891 g/mol. The van der Waals surface area contributed by atoms with Crippen LogP contribution in [0.15, 0.2) is 97.1 Å². The van der Waals surface area contributed by atoms with Crippen molar-refractivity contribution in [3.8, 4) is 34.5 Å². The highest BCUT2D eigenvalue weighted by Gasteiger charge is 2.27. The number of amides is 2. The van der Waals surface area contributed by atoms with Crippen molar-refractivity contribution in [2.75, 3.05) is 37.1 Å². The van der Waals surface area contributed by atoms with Crippen LogP contribution in [0.4, 0.5) is 20.2 Å². The van der Waals surface area contributed by atoms with Gasteiger partial charge in [0, 0.05) is 59.3 Å². The Kier molecular flexibility index (Phi) is 15.7. The zero-order chi connectivity index (χ0) is 50.3. The van der Waals surface area contributed by atoms with Gasteiger partial charge in [0.1, 0.15) is 46.1 Å². The summed E-state index contributed by atoms with van der Waals surface area (Å²) in [6.45, 7) is 16.9. The maximum Gasteiger partial charge on any atom is 0.262 e. The highest BCUT2D eigenvalue weighted by atomic mass is 19.1. The van der Waals surface area contributed by atoms with Crippen LogP contribution in [-0.4, -0.2) is 48.5 Å². The molecule has 0 aromatic heterocycles. The molecule has 0 fully saturated rings. The molecule has 0 saturated carbocycles. The number of hydrogen-bond acceptors (Lipinski definition) is 8. The molecule has 10 nitrogen and oxygen atoms in total. The first-order valence-electron chi connectivity index (χ1n) is 23.9. The van der Waals surface area contributed by atoms with E-state index in [1.807, 2.05) is 13.8 Å². The molecule has 6 aromatic carbocycles. The molecule has 0 radical (unpaired) electrons. The molecule has 0 spiro atoms. The van der Waals surface area contributed by atoms with Gasteiger partial charge in [-0.3, -0.25) is 9.59 Å². The molecule has 8 bridgehead atoms. The van der Waals surface area contributed by atoms with Gasteiger partial charge in [0.15, 0.2) is 13.2 Å². The van der Waals surface area contributed by atoms with Gasteiger partial charge in [-0.2, -0.15) is 0 Å². The highest BCUT2D eigenvalue weighted by Crippen LogP contribution is 2.43. The minimum atomic E-state index is -0.445. The maximum atomic E-state index is 13.6. The number of aromatic hydroxyl groups is 2. The van der Waals surface area contributed by atoms with Crippen LogP contribution in [0.1, 0.15) is 124 Å². The van der Waals surface area contributed by atoms with E-state index in [1.165, 1.54) is 48.5 Å². The molecule has 0 atom stereocenters. The van der Waals surface area contributed by atoms with Crippen molar-refractivity contribution in [3.63, 3.8) is 0 Å². The minimum Gasteiger partial charge on any atom is -0.507 e. The van der Waals surface area contributed by atoms with Crippen molar-refractivity contribution in [2.24, 2.45) is 0 Å². The number of hydrogen-bond donors (Lipinski definition) is 4. The van der Waals surface area contributed by atoms with Crippen molar-refractivity contribution in [1.29, 1.82) is 0 Å². The van der Waals surface area contributed by atoms with Gasteiger partial charge >= 0.3 is 0 Å². The number of carbonyl (C=O) groups is 2. The van der Waals surface area contributed by atoms with E-state index in [9.17, 15) is 28.6 Å². The summed E-state index contributed by atoms with van der Waals surface area (Å²) in [5, 5.41) is 30.9. The number of phenolic OH excluding ortho intramolecular Hbond substituents is 2. The van der Waals surface area contributed by atoms with E-state index in [4.69, 9.17) is 18.9 Å². The van der Waals surface area contributed by atoms with Gasteiger partial charge in [0.2, 0.25) is 0 Å². The first-order chi connectivity index (χ1) is 33.3. The fourth-order valence-electron chi connectivity index (χ4n) is 8.46. The number of halogens is 2. The molecule has 0 saturated heterocycles. The molecule has 70 heavy (non-hydrogen) atoms. The summed E-state index contributed by atoms with van der Waals surface area (Å²) in [5.41, 5.74) is 7.53. The Morgan fingerprint density at radius 2 is 0.786 bits per heavy atom. The second-order valence-corrected chi connectivity index (χ2v) is 20.0. The number of phenols is 2. The lowest BCUT2D eigenvalue weighted by atomic mass is 9.81.